The Labute approximate surface area is 82.8 Å². The summed E-state index contributed by atoms with van der Waals surface area (Å²) in [7, 11) is 0. The Kier molecular flexibility index (Phi) is 285. The summed E-state index contributed by atoms with van der Waals surface area (Å²) in [5, 5.41) is 17.9. The fraction of sp³-hybridized carbons (Fsp3) is 0. The van der Waals surface area contributed by atoms with E-state index in [1.807, 2.05) is 0 Å². The van der Waals surface area contributed by atoms with Crippen molar-refractivity contribution in [3.8, 4) is 0 Å². The smallest absolute Gasteiger partial charge is 0.543 e. The first-order valence-corrected chi connectivity index (χ1v) is 1.07. The predicted octanol–water partition coefficient (Wildman–Crippen LogP) is -8.46. The average molecular weight is 248 g/mol. The van der Waals surface area contributed by atoms with Gasteiger partial charge in [-0.1, -0.05) is 0 Å². The van der Waals surface area contributed by atoms with Crippen molar-refractivity contribution in [1.82, 2.24) is 0 Å². The van der Waals surface area contributed by atoms with Crippen LogP contribution in [0.3, 0.4) is 0 Å². The van der Waals surface area contributed by atoms with Crippen molar-refractivity contribution < 1.29 is 70.0 Å². The molecule has 0 aliphatic rings. The number of hydrogen-bond acceptors (Lipinski definition) is 4. The molecule has 86 valence electrons. The topological polar surface area (TPSA) is 269 Å². The Hall–Kier alpha value is -0.768. The first kappa shape index (κ1) is 86.2. The second kappa shape index (κ2) is 43.0. The van der Waals surface area contributed by atoms with E-state index in [1.54, 1.807) is 0 Å². The van der Waals surface area contributed by atoms with Crippen LogP contribution >= 0.6 is 0 Å². The van der Waals surface area contributed by atoms with Gasteiger partial charge >= 0.3 is 17.4 Å². The van der Waals surface area contributed by atoms with Gasteiger partial charge < -0.3 is 52.7 Å². The van der Waals surface area contributed by atoms with Crippen LogP contribution in [0.1, 0.15) is 0 Å². The zero-order valence-corrected chi connectivity index (χ0v) is 7.32. The largest absolute Gasteiger partial charge is 2.00 e. The van der Waals surface area contributed by atoms with Gasteiger partial charge in [0.25, 0.3) is 0 Å². The van der Waals surface area contributed by atoms with Crippen LogP contribution in [0.15, 0.2) is 0 Å². The second-order valence-electron chi connectivity index (χ2n) is 0.575. The van der Waals surface area contributed by atoms with Crippen LogP contribution in [-0.4, -0.2) is 44.8 Å². The summed E-state index contributed by atoms with van der Waals surface area (Å²) in [6.07, 6.45) is 0. The zero-order valence-electron chi connectivity index (χ0n) is 6.04. The Balaban J connectivity index is -0.00000000595. The molecule has 0 radical (unpaired) electrons. The zero-order chi connectivity index (χ0) is 5.15. The molecule has 0 saturated heterocycles. The summed E-state index contributed by atoms with van der Waals surface area (Å²) < 4.78 is 0. The number of hydrogen-bond donors (Lipinski definition) is 0. The third-order valence-corrected chi connectivity index (χ3v) is 0.167. The molecule has 0 spiro atoms. The molecule has 0 aliphatic carbocycles. The Bertz CT molecular complexity index is 78.9. The van der Waals surface area contributed by atoms with Crippen LogP contribution < -0.4 is 10.2 Å². The van der Waals surface area contributed by atoms with Crippen molar-refractivity contribution in [2.75, 3.05) is 0 Å². The molecular weight excluding hydrogens is 236 g/mol. The van der Waals surface area contributed by atoms with E-state index in [0.717, 1.165) is 0 Å². The van der Waals surface area contributed by atoms with Gasteiger partial charge in [0, 0.05) is 0 Å². The van der Waals surface area contributed by atoms with Crippen LogP contribution in [0.5, 0.6) is 0 Å². The summed E-state index contributed by atoms with van der Waals surface area (Å²) in [5.41, 5.74) is 0. The van der Waals surface area contributed by atoms with Gasteiger partial charge in [0.1, 0.15) is 0 Å². The minimum atomic E-state index is -2.19. The molecule has 13 heavy (non-hydrogen) atoms. The summed E-state index contributed by atoms with van der Waals surface area (Å²) in [5.74, 6) is -4.37. The molecule has 0 heterocycles. The third kappa shape index (κ3) is 91.6. The Morgan fingerprint density at radius 2 is 0.692 bits per heavy atom. The Morgan fingerprint density at radius 3 is 0.692 bits per heavy atom. The normalized spacial score (nSPS) is 3.38. The average Bonchev–Trinajstić information content (AvgIpc) is 1.36. The van der Waals surface area contributed by atoms with Crippen molar-refractivity contribution in [3.63, 3.8) is 0 Å². The van der Waals surface area contributed by atoms with E-state index < -0.39 is 11.9 Å². The molecule has 0 aliphatic heterocycles. The van der Waals surface area contributed by atoms with Gasteiger partial charge in [0.15, 0.2) is 0 Å². The van der Waals surface area contributed by atoms with E-state index in [1.165, 1.54) is 0 Å². The monoisotopic (exact) mass is 248 g/mol. The first-order valence-electron chi connectivity index (χ1n) is 1.07. The number of rotatable bonds is 0. The predicted molar refractivity (Wildman–Crippen MR) is 31.7 cm³/mol. The molecule has 0 aromatic carbocycles. The quantitative estimate of drug-likeness (QED) is 0.377. The van der Waals surface area contributed by atoms with E-state index >= 15 is 0 Å². The van der Waals surface area contributed by atoms with Gasteiger partial charge in [-0.15, -0.1) is 0 Å². The number of carbonyl (C=O) groups is 2. The van der Waals surface area contributed by atoms with Crippen molar-refractivity contribution in [2.45, 2.75) is 0 Å². The van der Waals surface area contributed by atoms with Crippen LogP contribution in [0.25, 0.3) is 0 Å². The number of aliphatic carboxylic acids is 2. The number of carbonyl (C=O) groups excluding carboxylic acids is 2. The molecule has 0 aromatic rings. The number of carboxylic acids is 2. The molecule has 12 N–H and O–H groups in total. The molecule has 0 rings (SSSR count). The molecule has 0 saturated carbocycles. The van der Waals surface area contributed by atoms with Crippen molar-refractivity contribution >= 4 is 11.9 Å². The molecule has 10 nitrogen and oxygen atoms in total. The van der Waals surface area contributed by atoms with Gasteiger partial charge in [-0.25, -0.2) is 0 Å². The summed E-state index contributed by atoms with van der Waals surface area (Å²) in [4.78, 5) is 17.9. The first-order chi connectivity index (χ1) is 2.64. The van der Waals surface area contributed by atoms with Gasteiger partial charge in [-0.05, 0) is 0 Å². The minimum absolute atomic E-state index is 0. The molecule has 0 fully saturated rings. The van der Waals surface area contributed by atoms with Gasteiger partial charge in [0.05, 0.1) is 11.9 Å². The molecule has 0 bridgehead atoms. The van der Waals surface area contributed by atoms with Crippen molar-refractivity contribution in [2.24, 2.45) is 0 Å². The van der Waals surface area contributed by atoms with Gasteiger partial charge in [0.2, 0.25) is 0 Å². The molecule has 0 unspecified atom stereocenters. The summed E-state index contributed by atoms with van der Waals surface area (Å²) in [6, 6.07) is 0. The van der Waals surface area contributed by atoms with E-state index in [0.29, 0.717) is 0 Å². The maximum atomic E-state index is 8.93. The number of carboxylic acid groups (broad SMARTS) is 2. The summed E-state index contributed by atoms with van der Waals surface area (Å²) >= 11 is 0. The third-order valence-electron chi connectivity index (χ3n) is 0.167. The van der Waals surface area contributed by atoms with Crippen LogP contribution in [0.4, 0.5) is 0 Å². The molecule has 0 atom stereocenters. The molecule has 11 heteroatoms. The minimum Gasteiger partial charge on any atom is -0.543 e. The van der Waals surface area contributed by atoms with Crippen LogP contribution in [-0.2, 0) is 27.0 Å². The molecule has 0 aromatic heterocycles. The fourth-order valence-corrected chi connectivity index (χ4v) is 0. The maximum absolute atomic E-state index is 8.93. The molecule has 0 amide bonds. The van der Waals surface area contributed by atoms with E-state index in [9.17, 15) is 0 Å². The molecular formula is C2H12CrO10. The van der Waals surface area contributed by atoms with Crippen LogP contribution in [0.2, 0.25) is 0 Å². The van der Waals surface area contributed by atoms with Gasteiger partial charge in [-0.2, -0.15) is 0 Å². The van der Waals surface area contributed by atoms with E-state index in [2.05, 4.69) is 0 Å². The summed E-state index contributed by atoms with van der Waals surface area (Å²) in [6.45, 7) is 0. The Morgan fingerprint density at radius 1 is 0.615 bits per heavy atom. The second-order valence-corrected chi connectivity index (χ2v) is 0.575. The van der Waals surface area contributed by atoms with Crippen molar-refractivity contribution in [1.29, 1.82) is 0 Å². The van der Waals surface area contributed by atoms with E-state index in [4.69, 9.17) is 19.8 Å². The SMILES string of the molecule is O.O.O.O.O.O.O=C([O-])C(=O)[O-].[Cr+2]. The van der Waals surface area contributed by atoms with E-state index in [-0.39, 0.29) is 50.2 Å². The van der Waals surface area contributed by atoms with Crippen molar-refractivity contribution in [3.05, 3.63) is 0 Å². The van der Waals surface area contributed by atoms with Crippen LogP contribution in [0, 0.1) is 0 Å². The fourth-order valence-electron chi connectivity index (χ4n) is 0. The standard InChI is InChI=1S/C2H2O4.Cr.6H2O/c3-1(4)2(5)6;;;;;;;/h(H,3,4)(H,5,6);;6*1H2/q;+2;;;;;;/p-2. The maximum Gasteiger partial charge on any atom is 2.00 e. The van der Waals surface area contributed by atoms with Gasteiger partial charge in [-0.3, -0.25) is 0 Å².